The monoisotopic (exact) mass is 268 g/mol. The Morgan fingerprint density at radius 2 is 2.33 bits per heavy atom. The molecule has 100 valence electrons. The Morgan fingerprint density at radius 1 is 1.50 bits per heavy atom. The number of hydrogen-bond acceptors (Lipinski definition) is 6. The zero-order valence-corrected chi connectivity index (χ0v) is 11.7. The van der Waals surface area contributed by atoms with Crippen LogP contribution in [0.4, 0.5) is 11.5 Å². The van der Waals surface area contributed by atoms with Gasteiger partial charge in [0.05, 0.1) is 6.61 Å². The topological polar surface area (TPSA) is 64.3 Å². The molecule has 0 saturated carbocycles. The maximum Gasteiger partial charge on any atom is 0.242 e. The Morgan fingerprint density at radius 3 is 3.06 bits per heavy atom. The minimum atomic E-state index is 0.494. The van der Waals surface area contributed by atoms with Gasteiger partial charge in [-0.2, -0.15) is 16.7 Å². The lowest BCUT2D eigenvalue weighted by molar-refractivity contribution is 0.328. The van der Waals surface area contributed by atoms with Gasteiger partial charge in [0.25, 0.3) is 0 Å². The van der Waals surface area contributed by atoms with Gasteiger partial charge in [0.15, 0.2) is 5.82 Å². The van der Waals surface area contributed by atoms with Crippen LogP contribution in [0.3, 0.4) is 0 Å². The lowest BCUT2D eigenvalue weighted by Crippen LogP contribution is -2.38. The third-order valence-corrected chi connectivity index (χ3v) is 4.37. The number of nitrogens with zero attached hydrogens (tertiary/aromatic N) is 3. The van der Waals surface area contributed by atoms with Gasteiger partial charge in [-0.05, 0) is 13.3 Å². The minimum absolute atomic E-state index is 0.494. The molecule has 1 atom stereocenters. The molecule has 1 saturated heterocycles. The molecular formula is C12H20N4OS. The number of anilines is 2. The van der Waals surface area contributed by atoms with Crippen LogP contribution < -0.4 is 15.4 Å². The molecule has 2 heterocycles. The number of nitrogens with two attached hydrogens (primary N) is 1. The lowest BCUT2D eigenvalue weighted by atomic mass is 10.3. The van der Waals surface area contributed by atoms with E-state index >= 15 is 0 Å². The summed E-state index contributed by atoms with van der Waals surface area (Å²) in [6.45, 7) is 6.68. The predicted molar refractivity (Wildman–Crippen MR) is 76.4 cm³/mol. The van der Waals surface area contributed by atoms with Crippen molar-refractivity contribution in [2.45, 2.75) is 25.5 Å². The predicted octanol–water partition coefficient (Wildman–Crippen LogP) is 1.79. The van der Waals surface area contributed by atoms with Gasteiger partial charge >= 0.3 is 0 Å². The number of hydrogen-bond donors (Lipinski definition) is 1. The highest BCUT2D eigenvalue weighted by molar-refractivity contribution is 8.00. The van der Waals surface area contributed by atoms with E-state index in [-0.39, 0.29) is 0 Å². The van der Waals surface area contributed by atoms with E-state index in [1.807, 2.05) is 18.7 Å². The van der Waals surface area contributed by atoms with Crippen molar-refractivity contribution in [2.24, 2.45) is 0 Å². The fraction of sp³-hybridized carbons (Fsp3) is 0.667. The highest BCUT2D eigenvalue weighted by Gasteiger charge is 2.23. The van der Waals surface area contributed by atoms with Gasteiger partial charge in [-0.15, -0.1) is 0 Å². The zero-order valence-electron chi connectivity index (χ0n) is 10.9. The van der Waals surface area contributed by atoms with Crippen molar-refractivity contribution in [3.8, 4) is 5.88 Å². The third-order valence-electron chi connectivity index (χ3n) is 3.00. The summed E-state index contributed by atoms with van der Waals surface area (Å²) in [4.78, 5) is 10.6. The first-order chi connectivity index (χ1) is 8.76. The molecule has 1 fully saturated rings. The van der Waals surface area contributed by atoms with Crippen molar-refractivity contribution < 1.29 is 4.74 Å². The largest absolute Gasteiger partial charge is 0.476 e. The number of thioether (sulfide) groups is 1. The lowest BCUT2D eigenvalue weighted by Gasteiger charge is -2.33. The molecule has 2 N–H and O–H groups in total. The molecular weight excluding hydrogens is 248 g/mol. The van der Waals surface area contributed by atoms with Crippen LogP contribution >= 0.6 is 11.8 Å². The zero-order chi connectivity index (χ0) is 13.0. The van der Waals surface area contributed by atoms with E-state index in [9.17, 15) is 0 Å². The Labute approximate surface area is 112 Å². The van der Waals surface area contributed by atoms with Crippen LogP contribution in [0.15, 0.2) is 6.33 Å². The molecule has 1 aromatic rings. The van der Waals surface area contributed by atoms with Crippen LogP contribution in [-0.4, -0.2) is 40.7 Å². The van der Waals surface area contributed by atoms with Crippen LogP contribution in [0.25, 0.3) is 0 Å². The quantitative estimate of drug-likeness (QED) is 0.898. The molecule has 1 aromatic heterocycles. The van der Waals surface area contributed by atoms with E-state index in [0.717, 1.165) is 24.7 Å². The molecule has 0 aliphatic carbocycles. The number of rotatable bonds is 4. The Bertz CT molecular complexity index is 402. The van der Waals surface area contributed by atoms with Crippen molar-refractivity contribution >= 4 is 23.3 Å². The number of ether oxygens (including phenoxy) is 1. The van der Waals surface area contributed by atoms with Crippen LogP contribution in [0.5, 0.6) is 5.88 Å². The first kappa shape index (κ1) is 13.3. The van der Waals surface area contributed by atoms with Gasteiger partial charge in [-0.3, -0.25) is 0 Å². The van der Waals surface area contributed by atoms with Crippen LogP contribution in [0.1, 0.15) is 20.3 Å². The average molecular weight is 268 g/mol. The SMILES string of the molecule is CCOc1ncnc(N2CCSC(CC)C2)c1N. The molecule has 1 aliphatic heterocycles. The van der Waals surface area contributed by atoms with Gasteiger partial charge < -0.3 is 15.4 Å². The highest BCUT2D eigenvalue weighted by atomic mass is 32.2. The summed E-state index contributed by atoms with van der Waals surface area (Å²) in [5.41, 5.74) is 6.65. The molecule has 0 radical (unpaired) electrons. The fourth-order valence-corrected chi connectivity index (χ4v) is 3.21. The molecule has 0 spiro atoms. The first-order valence-corrected chi connectivity index (χ1v) is 7.40. The summed E-state index contributed by atoms with van der Waals surface area (Å²) in [7, 11) is 0. The van der Waals surface area contributed by atoms with Crippen LogP contribution in [0, 0.1) is 0 Å². The highest BCUT2D eigenvalue weighted by Crippen LogP contribution is 2.31. The van der Waals surface area contributed by atoms with Gasteiger partial charge in [0, 0.05) is 24.1 Å². The van der Waals surface area contributed by atoms with Crippen molar-refractivity contribution in [2.75, 3.05) is 36.1 Å². The molecule has 1 unspecified atom stereocenters. The van der Waals surface area contributed by atoms with Crippen LogP contribution in [-0.2, 0) is 0 Å². The summed E-state index contributed by atoms with van der Waals surface area (Å²) in [6.07, 6.45) is 2.70. The van der Waals surface area contributed by atoms with Crippen molar-refractivity contribution in [1.29, 1.82) is 0 Å². The van der Waals surface area contributed by atoms with E-state index < -0.39 is 0 Å². The van der Waals surface area contributed by atoms with Gasteiger partial charge in [-0.25, -0.2) is 4.98 Å². The van der Waals surface area contributed by atoms with E-state index in [4.69, 9.17) is 10.5 Å². The second-order valence-electron chi connectivity index (χ2n) is 4.20. The molecule has 2 rings (SSSR count). The summed E-state index contributed by atoms with van der Waals surface area (Å²) in [5.74, 6) is 2.42. The molecule has 1 aliphatic rings. The fourth-order valence-electron chi connectivity index (χ4n) is 2.03. The third kappa shape index (κ3) is 2.80. The number of nitrogen functional groups attached to an aromatic ring is 1. The standard InChI is InChI=1S/C12H20N4OS/c1-3-9-7-16(5-6-18-9)11-10(13)12(17-4-2)15-8-14-11/h8-9H,3-7,13H2,1-2H3. The molecule has 18 heavy (non-hydrogen) atoms. The molecule has 0 amide bonds. The smallest absolute Gasteiger partial charge is 0.242 e. The van der Waals surface area contributed by atoms with Crippen molar-refractivity contribution in [3.63, 3.8) is 0 Å². The summed E-state index contributed by atoms with van der Waals surface area (Å²) < 4.78 is 5.41. The van der Waals surface area contributed by atoms with Gasteiger partial charge in [-0.1, -0.05) is 6.92 Å². The average Bonchev–Trinajstić information content (AvgIpc) is 2.41. The summed E-state index contributed by atoms with van der Waals surface area (Å²) in [6, 6.07) is 0. The Kier molecular flexibility index (Phi) is 4.52. The van der Waals surface area contributed by atoms with Gasteiger partial charge in [0.1, 0.15) is 12.0 Å². The minimum Gasteiger partial charge on any atom is -0.476 e. The van der Waals surface area contributed by atoms with Crippen molar-refractivity contribution in [3.05, 3.63) is 6.33 Å². The maximum absolute atomic E-state index is 6.09. The molecule has 0 aromatic carbocycles. The second-order valence-corrected chi connectivity index (χ2v) is 5.60. The summed E-state index contributed by atoms with van der Waals surface area (Å²) in [5, 5.41) is 0.656. The van der Waals surface area contributed by atoms with E-state index in [1.165, 1.54) is 12.7 Å². The second kappa shape index (κ2) is 6.13. The number of aromatic nitrogens is 2. The van der Waals surface area contributed by atoms with E-state index in [1.54, 1.807) is 0 Å². The maximum atomic E-state index is 6.09. The van der Waals surface area contributed by atoms with E-state index in [0.29, 0.717) is 23.4 Å². The molecule has 5 nitrogen and oxygen atoms in total. The first-order valence-electron chi connectivity index (χ1n) is 6.36. The van der Waals surface area contributed by atoms with Gasteiger partial charge in [0.2, 0.25) is 5.88 Å². The van der Waals surface area contributed by atoms with Crippen molar-refractivity contribution in [1.82, 2.24) is 9.97 Å². The van der Waals surface area contributed by atoms with E-state index in [2.05, 4.69) is 21.8 Å². The normalized spacial score (nSPS) is 19.9. The summed E-state index contributed by atoms with van der Waals surface area (Å²) >= 11 is 2.02. The molecule has 6 heteroatoms. The van der Waals surface area contributed by atoms with Crippen LogP contribution in [0.2, 0.25) is 0 Å². The Balaban J connectivity index is 2.19. The Hall–Kier alpha value is -1.17. The molecule has 0 bridgehead atoms.